The zero-order chi connectivity index (χ0) is 37.0. The lowest BCUT2D eigenvalue weighted by Crippen LogP contribution is -2.10. The number of aromatic nitrogens is 1. The Hall–Kier alpha value is -7.23. The zero-order valence-electron chi connectivity index (χ0n) is 30.7. The summed E-state index contributed by atoms with van der Waals surface area (Å²) in [5, 5.41) is 6.99. The zero-order valence-corrected chi connectivity index (χ0v) is 30.7. The molecule has 1 aliphatic carbocycles. The minimum Gasteiger partial charge on any atom is -0.436 e. The molecule has 0 saturated heterocycles. The number of benzene rings is 9. The third-order valence-electron chi connectivity index (χ3n) is 11.3. The van der Waals surface area contributed by atoms with Crippen molar-refractivity contribution in [2.24, 2.45) is 0 Å². The lowest BCUT2D eigenvalue weighted by atomic mass is 9.89. The minimum absolute atomic E-state index is 0.615. The quantitative estimate of drug-likeness (QED) is 0.172. The molecule has 0 unspecified atom stereocenters. The molecule has 3 nitrogen and oxygen atoms in total. The van der Waals surface area contributed by atoms with E-state index in [9.17, 15) is 0 Å². The van der Waals surface area contributed by atoms with E-state index in [0.717, 1.165) is 62.7 Å². The van der Waals surface area contributed by atoms with Gasteiger partial charge in [-0.2, -0.15) is 0 Å². The van der Waals surface area contributed by atoms with Gasteiger partial charge in [0.15, 0.2) is 5.58 Å². The van der Waals surface area contributed by atoms with Crippen LogP contribution in [0.15, 0.2) is 192 Å². The van der Waals surface area contributed by atoms with Crippen molar-refractivity contribution in [1.29, 1.82) is 0 Å². The van der Waals surface area contributed by atoms with Gasteiger partial charge in [-0.05, 0) is 104 Å². The molecule has 264 valence electrons. The van der Waals surface area contributed by atoms with E-state index in [-0.39, 0.29) is 0 Å². The molecule has 1 aromatic heterocycles. The highest BCUT2D eigenvalue weighted by Gasteiger charge is 2.21. The van der Waals surface area contributed by atoms with Crippen LogP contribution in [0.5, 0.6) is 0 Å². The molecule has 0 aliphatic heterocycles. The summed E-state index contributed by atoms with van der Waals surface area (Å²) < 4.78 is 6.68. The molecule has 0 atom stereocenters. The van der Waals surface area contributed by atoms with Gasteiger partial charge in [-0.25, -0.2) is 4.98 Å². The monoisotopic (exact) mass is 716 g/mol. The van der Waals surface area contributed by atoms with Crippen LogP contribution in [0.3, 0.4) is 0 Å². The van der Waals surface area contributed by atoms with Crippen LogP contribution in [-0.2, 0) is 6.42 Å². The summed E-state index contributed by atoms with van der Waals surface area (Å²) >= 11 is 0. The Morgan fingerprint density at radius 2 is 1.11 bits per heavy atom. The van der Waals surface area contributed by atoms with Gasteiger partial charge in [0.05, 0.1) is 5.69 Å². The van der Waals surface area contributed by atoms with Crippen molar-refractivity contribution in [2.45, 2.75) is 12.8 Å². The van der Waals surface area contributed by atoms with Gasteiger partial charge in [0.25, 0.3) is 0 Å². The van der Waals surface area contributed by atoms with Gasteiger partial charge in [-0.15, -0.1) is 0 Å². The molecule has 0 spiro atoms. The number of anilines is 3. The summed E-state index contributed by atoms with van der Waals surface area (Å²) in [4.78, 5) is 7.49. The second-order valence-electron chi connectivity index (χ2n) is 14.6. The summed E-state index contributed by atoms with van der Waals surface area (Å²) in [7, 11) is 0. The van der Waals surface area contributed by atoms with Crippen LogP contribution in [0.4, 0.5) is 17.1 Å². The molecule has 0 saturated carbocycles. The maximum atomic E-state index is 6.68. The second-order valence-corrected chi connectivity index (χ2v) is 14.6. The molecule has 9 aromatic carbocycles. The van der Waals surface area contributed by atoms with Gasteiger partial charge >= 0.3 is 0 Å². The first-order valence-corrected chi connectivity index (χ1v) is 19.3. The first-order chi connectivity index (χ1) is 27.7. The van der Waals surface area contributed by atoms with E-state index in [2.05, 4.69) is 199 Å². The molecule has 0 fully saturated rings. The molecular formula is C53H36N2O. The average Bonchev–Trinajstić information content (AvgIpc) is 3.71. The van der Waals surface area contributed by atoms with Crippen LogP contribution in [0, 0.1) is 0 Å². The number of nitrogens with zero attached hydrogens (tertiary/aromatic N) is 2. The maximum absolute atomic E-state index is 6.68. The van der Waals surface area contributed by atoms with Gasteiger partial charge in [-0.3, -0.25) is 0 Å². The number of hydrogen-bond acceptors (Lipinski definition) is 3. The van der Waals surface area contributed by atoms with Crippen molar-refractivity contribution in [2.75, 3.05) is 4.90 Å². The molecule has 0 bridgehead atoms. The minimum atomic E-state index is 0.615. The van der Waals surface area contributed by atoms with E-state index in [1.165, 1.54) is 49.5 Å². The van der Waals surface area contributed by atoms with Gasteiger partial charge in [0.2, 0.25) is 5.89 Å². The van der Waals surface area contributed by atoms with Gasteiger partial charge in [0, 0.05) is 33.8 Å². The van der Waals surface area contributed by atoms with Crippen LogP contribution < -0.4 is 4.90 Å². The number of hydrogen-bond donors (Lipinski definition) is 0. The standard InChI is InChI=1S/C53H36N2O/c1-2-14-40-33-41(24-23-35(40)11-1)53-54-52-49-20-8-7-19-48(49)50(34-51(52)56-53)55(42-29-25-38(26-30-42)46-21-9-15-36-12-3-5-17-44(36)46)43-31-27-39(28-32-43)47-22-10-16-37-13-4-6-18-45(37)47/h1-5,7-17,19-34H,6,18H2. The smallest absolute Gasteiger partial charge is 0.227 e. The Labute approximate surface area is 325 Å². The Morgan fingerprint density at radius 1 is 0.482 bits per heavy atom. The summed E-state index contributed by atoms with van der Waals surface area (Å²) in [5.41, 5.74) is 13.4. The molecule has 1 heterocycles. The fourth-order valence-corrected chi connectivity index (χ4v) is 8.60. The fourth-order valence-electron chi connectivity index (χ4n) is 8.60. The maximum Gasteiger partial charge on any atom is 0.227 e. The molecule has 0 amide bonds. The predicted octanol–water partition coefficient (Wildman–Crippen LogP) is 14.7. The van der Waals surface area contributed by atoms with Crippen LogP contribution in [0.25, 0.3) is 83.2 Å². The topological polar surface area (TPSA) is 29.3 Å². The summed E-state index contributed by atoms with van der Waals surface area (Å²) in [6, 6.07) is 65.3. The SMILES string of the molecule is C1=Cc2cccc(-c3ccc(N(c4ccc(-c5cccc6ccccc56)cc4)c4cc5oc(-c6ccc7ccccc7c6)nc5c5ccccc45)cc3)c2CC1. The summed E-state index contributed by atoms with van der Waals surface area (Å²) in [5.74, 6) is 0.615. The largest absolute Gasteiger partial charge is 0.436 e. The molecular weight excluding hydrogens is 681 g/mol. The Morgan fingerprint density at radius 3 is 1.91 bits per heavy atom. The first-order valence-electron chi connectivity index (χ1n) is 19.3. The third-order valence-corrected chi connectivity index (χ3v) is 11.3. The number of allylic oxidation sites excluding steroid dienone is 1. The predicted molar refractivity (Wildman–Crippen MR) is 235 cm³/mol. The molecule has 56 heavy (non-hydrogen) atoms. The molecule has 11 rings (SSSR count). The second kappa shape index (κ2) is 13.3. The number of fused-ring (bicyclic) bond motifs is 6. The molecule has 0 N–H and O–H groups in total. The summed E-state index contributed by atoms with van der Waals surface area (Å²) in [6.45, 7) is 0. The lowest BCUT2D eigenvalue weighted by Gasteiger charge is -2.27. The van der Waals surface area contributed by atoms with Crippen LogP contribution in [0.1, 0.15) is 17.5 Å². The van der Waals surface area contributed by atoms with Crippen molar-refractivity contribution in [3.8, 4) is 33.7 Å². The van der Waals surface area contributed by atoms with Crippen molar-refractivity contribution in [3.63, 3.8) is 0 Å². The van der Waals surface area contributed by atoms with Gasteiger partial charge in [0.1, 0.15) is 5.52 Å². The Kier molecular flexibility index (Phi) is 7.63. The van der Waals surface area contributed by atoms with Gasteiger partial charge in [-0.1, -0.05) is 152 Å². The van der Waals surface area contributed by atoms with Crippen LogP contribution in [0.2, 0.25) is 0 Å². The lowest BCUT2D eigenvalue weighted by molar-refractivity contribution is 0.620. The van der Waals surface area contributed by atoms with Crippen molar-refractivity contribution in [1.82, 2.24) is 4.98 Å². The van der Waals surface area contributed by atoms with E-state index < -0.39 is 0 Å². The van der Waals surface area contributed by atoms with Crippen LogP contribution >= 0.6 is 0 Å². The van der Waals surface area contributed by atoms with E-state index in [4.69, 9.17) is 9.40 Å². The number of rotatable bonds is 6. The molecule has 10 aromatic rings. The first kappa shape index (κ1) is 32.2. The van der Waals surface area contributed by atoms with Crippen molar-refractivity contribution in [3.05, 3.63) is 199 Å². The van der Waals surface area contributed by atoms with Crippen LogP contribution in [-0.4, -0.2) is 4.98 Å². The molecule has 1 aliphatic rings. The highest BCUT2D eigenvalue weighted by molar-refractivity contribution is 6.12. The third kappa shape index (κ3) is 5.48. The summed E-state index contributed by atoms with van der Waals surface area (Å²) in [6.07, 6.45) is 6.67. The van der Waals surface area contributed by atoms with E-state index in [0.29, 0.717) is 5.89 Å². The van der Waals surface area contributed by atoms with E-state index in [1.807, 2.05) is 0 Å². The average molecular weight is 717 g/mol. The highest BCUT2D eigenvalue weighted by atomic mass is 16.3. The Balaban J connectivity index is 1.08. The molecule has 3 heteroatoms. The van der Waals surface area contributed by atoms with Gasteiger partial charge < -0.3 is 9.32 Å². The fraction of sp³-hybridized carbons (Fsp3) is 0.0377. The normalized spacial score (nSPS) is 12.4. The van der Waals surface area contributed by atoms with Crippen molar-refractivity contribution < 1.29 is 4.42 Å². The van der Waals surface area contributed by atoms with E-state index in [1.54, 1.807) is 0 Å². The Bertz CT molecular complexity index is 3130. The molecule has 0 radical (unpaired) electrons. The number of oxazole rings is 1. The van der Waals surface area contributed by atoms with Crippen molar-refractivity contribution >= 4 is 66.6 Å². The van der Waals surface area contributed by atoms with E-state index >= 15 is 0 Å². The highest BCUT2D eigenvalue weighted by Crippen LogP contribution is 2.44.